The average Bonchev–Trinajstić information content (AvgIpc) is 2.39. The van der Waals surface area contributed by atoms with Crippen molar-refractivity contribution in [3.8, 4) is 0 Å². The molecule has 2 nitrogen and oxygen atoms in total. The molecule has 1 aromatic carbocycles. The zero-order valence-electron chi connectivity index (χ0n) is 10.0. The van der Waals surface area contributed by atoms with Crippen molar-refractivity contribution < 1.29 is 0 Å². The van der Waals surface area contributed by atoms with Gasteiger partial charge in [-0.2, -0.15) is 0 Å². The van der Waals surface area contributed by atoms with Crippen LogP contribution in [0.1, 0.15) is 30.9 Å². The fourth-order valence-corrected chi connectivity index (χ4v) is 2.75. The number of halogens is 2. The van der Waals surface area contributed by atoms with Gasteiger partial charge >= 0.3 is 0 Å². The molecule has 0 spiro atoms. The summed E-state index contributed by atoms with van der Waals surface area (Å²) in [6, 6.07) is 10.7. The van der Waals surface area contributed by atoms with Gasteiger partial charge in [-0.25, -0.2) is 4.98 Å². The summed E-state index contributed by atoms with van der Waals surface area (Å²) < 4.78 is 0. The van der Waals surface area contributed by atoms with Crippen molar-refractivity contribution in [1.29, 1.82) is 0 Å². The molecule has 0 amide bonds. The van der Waals surface area contributed by atoms with Crippen molar-refractivity contribution in [2.45, 2.75) is 25.3 Å². The second-order valence-electron chi connectivity index (χ2n) is 4.56. The molecule has 3 rings (SSSR count). The summed E-state index contributed by atoms with van der Waals surface area (Å²) in [6.07, 6.45) is 3.68. The van der Waals surface area contributed by atoms with Crippen LogP contribution in [0.25, 0.3) is 10.9 Å². The molecule has 4 heteroatoms. The quantitative estimate of drug-likeness (QED) is 0.796. The first-order chi connectivity index (χ1) is 8.34. The van der Waals surface area contributed by atoms with Crippen LogP contribution in [0.15, 0.2) is 30.3 Å². The van der Waals surface area contributed by atoms with Crippen molar-refractivity contribution >= 4 is 34.9 Å². The molecular formula is C14H16Cl2N2. The van der Waals surface area contributed by atoms with Crippen molar-refractivity contribution in [2.75, 3.05) is 6.54 Å². The molecule has 2 aromatic rings. The Labute approximate surface area is 118 Å². The number of piperidine rings is 1. The van der Waals surface area contributed by atoms with Crippen LogP contribution in [0.2, 0.25) is 5.15 Å². The molecule has 1 aliphatic rings. The highest BCUT2D eigenvalue weighted by molar-refractivity contribution is 6.30. The predicted molar refractivity (Wildman–Crippen MR) is 78.6 cm³/mol. The zero-order chi connectivity index (χ0) is 11.7. The first-order valence-corrected chi connectivity index (χ1v) is 6.51. The normalized spacial score (nSPS) is 19.5. The number of aromatic nitrogens is 1. The van der Waals surface area contributed by atoms with Gasteiger partial charge in [0.15, 0.2) is 0 Å². The van der Waals surface area contributed by atoms with Gasteiger partial charge in [-0.1, -0.05) is 36.2 Å². The third kappa shape index (κ3) is 2.61. The standard InChI is InChI=1S/C14H15ClN2.ClH/c15-14-11(13-7-3-4-8-16-13)9-10-5-1-2-6-12(10)17-14;/h1-2,5-6,9,13,16H,3-4,7-8H2;1H/t13-;/m1./s1. The number of nitrogens with zero attached hydrogens (tertiary/aromatic N) is 1. The molecular weight excluding hydrogens is 267 g/mol. The minimum Gasteiger partial charge on any atom is -0.310 e. The van der Waals surface area contributed by atoms with Gasteiger partial charge in [0, 0.05) is 17.0 Å². The maximum absolute atomic E-state index is 6.29. The van der Waals surface area contributed by atoms with Crippen LogP contribution in [0.5, 0.6) is 0 Å². The minimum atomic E-state index is 0. The van der Waals surface area contributed by atoms with Gasteiger partial charge in [0.1, 0.15) is 5.15 Å². The van der Waals surface area contributed by atoms with Gasteiger partial charge in [-0.3, -0.25) is 0 Å². The van der Waals surface area contributed by atoms with E-state index in [0.29, 0.717) is 11.2 Å². The lowest BCUT2D eigenvalue weighted by molar-refractivity contribution is 0.412. The predicted octanol–water partition coefficient (Wildman–Crippen LogP) is 4.12. The van der Waals surface area contributed by atoms with Crippen LogP contribution in [-0.4, -0.2) is 11.5 Å². The second-order valence-corrected chi connectivity index (χ2v) is 4.92. The Morgan fingerprint density at radius 2 is 2.06 bits per heavy atom. The largest absolute Gasteiger partial charge is 0.310 e. The van der Waals surface area contributed by atoms with Crippen LogP contribution >= 0.6 is 24.0 Å². The fraction of sp³-hybridized carbons (Fsp3) is 0.357. The lowest BCUT2D eigenvalue weighted by Gasteiger charge is -2.24. The number of fused-ring (bicyclic) bond motifs is 1. The smallest absolute Gasteiger partial charge is 0.134 e. The van der Waals surface area contributed by atoms with E-state index in [-0.39, 0.29) is 12.4 Å². The number of benzene rings is 1. The Balaban J connectivity index is 0.00000120. The van der Waals surface area contributed by atoms with E-state index in [1.807, 2.05) is 18.2 Å². The Bertz CT molecular complexity index is 536. The zero-order valence-corrected chi connectivity index (χ0v) is 11.6. The van der Waals surface area contributed by atoms with E-state index in [2.05, 4.69) is 22.4 Å². The van der Waals surface area contributed by atoms with Gasteiger partial charge < -0.3 is 5.32 Å². The highest BCUT2D eigenvalue weighted by Gasteiger charge is 2.18. The first-order valence-electron chi connectivity index (χ1n) is 6.13. The number of nitrogens with one attached hydrogen (secondary N) is 1. The maximum atomic E-state index is 6.29. The number of rotatable bonds is 1. The van der Waals surface area contributed by atoms with E-state index in [4.69, 9.17) is 11.6 Å². The topological polar surface area (TPSA) is 24.9 Å². The molecule has 0 unspecified atom stereocenters. The molecule has 0 aliphatic carbocycles. The van der Waals surface area contributed by atoms with Gasteiger partial charge in [0.2, 0.25) is 0 Å². The molecule has 18 heavy (non-hydrogen) atoms. The van der Waals surface area contributed by atoms with Crippen molar-refractivity contribution in [2.24, 2.45) is 0 Å². The molecule has 2 heterocycles. The summed E-state index contributed by atoms with van der Waals surface area (Å²) in [5, 5.41) is 5.32. The highest BCUT2D eigenvalue weighted by atomic mass is 35.5. The monoisotopic (exact) mass is 282 g/mol. The summed E-state index contributed by atoms with van der Waals surface area (Å²) in [5.41, 5.74) is 2.11. The third-order valence-electron chi connectivity index (χ3n) is 3.39. The van der Waals surface area contributed by atoms with Crippen LogP contribution < -0.4 is 5.32 Å². The van der Waals surface area contributed by atoms with Gasteiger partial charge in [0.05, 0.1) is 5.52 Å². The summed E-state index contributed by atoms with van der Waals surface area (Å²) in [7, 11) is 0. The van der Waals surface area contributed by atoms with E-state index in [1.54, 1.807) is 0 Å². The molecule has 1 aromatic heterocycles. The third-order valence-corrected chi connectivity index (χ3v) is 3.69. The average molecular weight is 283 g/mol. The number of para-hydroxylation sites is 1. The minimum absolute atomic E-state index is 0. The fourth-order valence-electron chi connectivity index (χ4n) is 2.47. The van der Waals surface area contributed by atoms with Crippen molar-refractivity contribution in [3.63, 3.8) is 0 Å². The molecule has 0 bridgehead atoms. The summed E-state index contributed by atoms with van der Waals surface area (Å²) in [6.45, 7) is 1.08. The van der Waals surface area contributed by atoms with Gasteiger partial charge in [-0.15, -0.1) is 12.4 Å². The summed E-state index contributed by atoms with van der Waals surface area (Å²) in [4.78, 5) is 4.48. The molecule has 0 radical (unpaired) electrons. The molecule has 1 aliphatic heterocycles. The van der Waals surface area contributed by atoms with Crippen molar-refractivity contribution in [1.82, 2.24) is 10.3 Å². The van der Waals surface area contributed by atoms with Crippen molar-refractivity contribution in [3.05, 3.63) is 41.0 Å². The van der Waals surface area contributed by atoms with Crippen LogP contribution in [0, 0.1) is 0 Å². The van der Waals surface area contributed by atoms with Crippen LogP contribution in [0.4, 0.5) is 0 Å². The highest BCUT2D eigenvalue weighted by Crippen LogP contribution is 2.30. The van der Waals surface area contributed by atoms with E-state index in [9.17, 15) is 0 Å². The SMILES string of the molecule is Cl.Clc1nc2ccccc2cc1[C@H]1CCCCN1. The molecule has 1 atom stereocenters. The number of pyridine rings is 1. The summed E-state index contributed by atoms with van der Waals surface area (Å²) >= 11 is 6.29. The van der Waals surface area contributed by atoms with E-state index < -0.39 is 0 Å². The Hall–Kier alpha value is -0.830. The number of hydrogen-bond acceptors (Lipinski definition) is 2. The molecule has 0 saturated carbocycles. The van der Waals surface area contributed by atoms with E-state index in [1.165, 1.54) is 18.2 Å². The second kappa shape index (κ2) is 5.87. The van der Waals surface area contributed by atoms with Crippen LogP contribution in [0.3, 0.4) is 0 Å². The molecule has 1 saturated heterocycles. The van der Waals surface area contributed by atoms with E-state index in [0.717, 1.165) is 24.0 Å². The molecule has 1 N–H and O–H groups in total. The Kier molecular flexibility index (Phi) is 4.44. The van der Waals surface area contributed by atoms with Gasteiger partial charge in [0.25, 0.3) is 0 Å². The molecule has 96 valence electrons. The lowest BCUT2D eigenvalue weighted by atomic mass is 9.98. The van der Waals surface area contributed by atoms with Gasteiger partial charge in [-0.05, 0) is 31.5 Å². The Morgan fingerprint density at radius 1 is 1.22 bits per heavy atom. The van der Waals surface area contributed by atoms with Crippen LogP contribution in [-0.2, 0) is 0 Å². The number of hydrogen-bond donors (Lipinski definition) is 1. The first kappa shape index (κ1) is 13.6. The maximum Gasteiger partial charge on any atom is 0.134 e. The lowest BCUT2D eigenvalue weighted by Crippen LogP contribution is -2.27. The molecule has 1 fully saturated rings. The Morgan fingerprint density at radius 3 is 2.83 bits per heavy atom. The summed E-state index contributed by atoms with van der Waals surface area (Å²) in [5.74, 6) is 0. The van der Waals surface area contributed by atoms with E-state index >= 15 is 0 Å².